The Hall–Kier alpha value is -3.03. The average molecular weight is 327 g/mol. The van der Waals surface area contributed by atoms with Crippen LogP contribution in [0, 0.1) is 5.82 Å². The molecule has 1 amide bonds. The molecule has 0 atom stereocenters. The molecule has 0 spiro atoms. The molecular weight excluding hydrogens is 313 g/mol. The van der Waals surface area contributed by atoms with E-state index in [-0.39, 0.29) is 18.1 Å². The number of carbonyl (C=O) groups is 1. The molecule has 24 heavy (non-hydrogen) atoms. The molecule has 0 saturated carbocycles. The first-order valence-corrected chi connectivity index (χ1v) is 7.62. The van der Waals surface area contributed by atoms with Gasteiger partial charge in [0.2, 0.25) is 5.76 Å². The smallest absolute Gasteiger partial charge is 0.290 e. The van der Waals surface area contributed by atoms with E-state index in [2.05, 4.69) is 20.7 Å². The van der Waals surface area contributed by atoms with Gasteiger partial charge in [0.15, 0.2) is 5.82 Å². The zero-order chi connectivity index (χ0) is 16.5. The quantitative estimate of drug-likeness (QED) is 0.791. The summed E-state index contributed by atoms with van der Waals surface area (Å²) >= 11 is 0. The lowest BCUT2D eigenvalue weighted by Crippen LogP contribution is -2.24. The molecule has 0 saturated heterocycles. The summed E-state index contributed by atoms with van der Waals surface area (Å²) in [6.07, 6.45) is 1.96. The van der Waals surface area contributed by atoms with E-state index in [0.717, 1.165) is 31.0 Å². The molecule has 0 radical (unpaired) electrons. The number of hydrogen-bond acceptors (Lipinski definition) is 5. The summed E-state index contributed by atoms with van der Waals surface area (Å²) in [5.41, 5.74) is 0.955. The summed E-state index contributed by atoms with van der Waals surface area (Å²) in [4.78, 5) is 12.2. The maximum Gasteiger partial charge on any atom is 0.290 e. The lowest BCUT2D eigenvalue weighted by atomic mass is 10.1. The number of rotatable bonds is 4. The van der Waals surface area contributed by atoms with E-state index in [1.807, 2.05) is 4.57 Å². The third-order valence-corrected chi connectivity index (χ3v) is 3.95. The number of aryl methyl sites for hydroxylation is 1. The van der Waals surface area contributed by atoms with E-state index in [0.29, 0.717) is 11.3 Å². The Morgan fingerprint density at radius 1 is 1.33 bits per heavy atom. The Kier molecular flexibility index (Phi) is 3.56. The van der Waals surface area contributed by atoms with Crippen LogP contribution in [0.25, 0.3) is 11.3 Å². The SMILES string of the molecule is O=C(NCc1nnc2n1CCC2)c1cc(-c2cccc(F)c2)no1. The summed E-state index contributed by atoms with van der Waals surface area (Å²) < 4.78 is 20.3. The minimum atomic E-state index is -0.402. The highest BCUT2D eigenvalue weighted by atomic mass is 19.1. The molecule has 1 aromatic carbocycles. The van der Waals surface area contributed by atoms with Gasteiger partial charge in [0.1, 0.15) is 17.3 Å². The lowest BCUT2D eigenvalue weighted by molar-refractivity contribution is 0.0912. The fraction of sp³-hybridized carbons (Fsp3) is 0.250. The predicted octanol–water partition coefficient (Wildman–Crippen LogP) is 1.95. The van der Waals surface area contributed by atoms with Gasteiger partial charge in [-0.2, -0.15) is 0 Å². The molecule has 0 fully saturated rings. The van der Waals surface area contributed by atoms with Crippen molar-refractivity contribution in [2.75, 3.05) is 0 Å². The van der Waals surface area contributed by atoms with E-state index >= 15 is 0 Å². The standard InChI is InChI=1S/C16H14FN5O2/c17-11-4-1-3-10(7-11)12-8-13(24-21-12)16(23)18-9-15-20-19-14-5-2-6-22(14)15/h1,3-4,7-8H,2,5-6,9H2,(H,18,23). The van der Waals surface area contributed by atoms with Gasteiger partial charge < -0.3 is 14.4 Å². The first kappa shape index (κ1) is 14.6. The molecule has 8 heteroatoms. The van der Waals surface area contributed by atoms with Gasteiger partial charge in [-0.25, -0.2) is 4.39 Å². The first-order valence-electron chi connectivity index (χ1n) is 7.62. The van der Waals surface area contributed by atoms with E-state index in [9.17, 15) is 9.18 Å². The topological polar surface area (TPSA) is 85.8 Å². The van der Waals surface area contributed by atoms with Crippen LogP contribution in [0.5, 0.6) is 0 Å². The van der Waals surface area contributed by atoms with Gasteiger partial charge in [0.25, 0.3) is 5.91 Å². The van der Waals surface area contributed by atoms with Crippen molar-refractivity contribution in [2.45, 2.75) is 25.9 Å². The molecule has 122 valence electrons. The number of halogens is 1. The Morgan fingerprint density at radius 3 is 3.12 bits per heavy atom. The second-order valence-corrected chi connectivity index (χ2v) is 5.56. The van der Waals surface area contributed by atoms with Crippen LogP contribution in [-0.2, 0) is 19.5 Å². The van der Waals surface area contributed by atoms with Crippen molar-refractivity contribution < 1.29 is 13.7 Å². The van der Waals surface area contributed by atoms with E-state index in [4.69, 9.17) is 4.52 Å². The molecule has 0 bridgehead atoms. The minimum absolute atomic E-state index is 0.0652. The summed E-state index contributed by atoms with van der Waals surface area (Å²) in [6.45, 7) is 1.14. The van der Waals surface area contributed by atoms with Crippen molar-refractivity contribution in [1.29, 1.82) is 0 Å². The van der Waals surface area contributed by atoms with Crippen LogP contribution in [0.4, 0.5) is 4.39 Å². The maximum atomic E-state index is 13.3. The molecule has 1 aliphatic heterocycles. The third-order valence-electron chi connectivity index (χ3n) is 3.95. The summed E-state index contributed by atoms with van der Waals surface area (Å²) in [5, 5.41) is 14.7. The fourth-order valence-electron chi connectivity index (χ4n) is 2.75. The van der Waals surface area contributed by atoms with Gasteiger partial charge in [0.05, 0.1) is 6.54 Å². The predicted molar refractivity (Wildman–Crippen MR) is 81.4 cm³/mol. The van der Waals surface area contributed by atoms with Crippen LogP contribution < -0.4 is 5.32 Å². The van der Waals surface area contributed by atoms with Crippen molar-refractivity contribution in [3.8, 4) is 11.3 Å². The molecule has 1 N–H and O–H groups in total. The highest BCUT2D eigenvalue weighted by Gasteiger charge is 2.19. The molecule has 3 heterocycles. The monoisotopic (exact) mass is 327 g/mol. The molecule has 3 aromatic rings. The van der Waals surface area contributed by atoms with E-state index < -0.39 is 5.91 Å². The van der Waals surface area contributed by atoms with Crippen molar-refractivity contribution in [2.24, 2.45) is 0 Å². The molecule has 7 nitrogen and oxygen atoms in total. The number of carbonyl (C=O) groups excluding carboxylic acids is 1. The Morgan fingerprint density at radius 2 is 2.25 bits per heavy atom. The number of hydrogen-bond donors (Lipinski definition) is 1. The molecule has 4 rings (SSSR count). The molecular formula is C16H14FN5O2. The van der Waals surface area contributed by atoms with E-state index in [1.165, 1.54) is 18.2 Å². The van der Waals surface area contributed by atoms with Crippen LogP contribution in [-0.4, -0.2) is 25.8 Å². The maximum absolute atomic E-state index is 13.3. The van der Waals surface area contributed by atoms with Crippen LogP contribution in [0.15, 0.2) is 34.9 Å². The van der Waals surface area contributed by atoms with Gasteiger partial charge >= 0.3 is 0 Å². The highest BCUT2D eigenvalue weighted by molar-refractivity contribution is 5.92. The number of aromatic nitrogens is 4. The lowest BCUT2D eigenvalue weighted by Gasteiger charge is -2.03. The van der Waals surface area contributed by atoms with Crippen molar-refractivity contribution in [3.63, 3.8) is 0 Å². The van der Waals surface area contributed by atoms with Crippen LogP contribution in [0.1, 0.15) is 28.6 Å². The van der Waals surface area contributed by atoms with Crippen molar-refractivity contribution in [3.05, 3.63) is 53.6 Å². The largest absolute Gasteiger partial charge is 0.350 e. The van der Waals surface area contributed by atoms with Gasteiger partial charge in [-0.15, -0.1) is 10.2 Å². The average Bonchev–Trinajstić information content (AvgIpc) is 3.29. The van der Waals surface area contributed by atoms with Gasteiger partial charge in [-0.1, -0.05) is 17.3 Å². The van der Waals surface area contributed by atoms with E-state index in [1.54, 1.807) is 12.1 Å². The van der Waals surface area contributed by atoms with Crippen LogP contribution >= 0.6 is 0 Å². The summed E-state index contributed by atoms with van der Waals surface area (Å²) in [7, 11) is 0. The number of nitrogens with zero attached hydrogens (tertiary/aromatic N) is 4. The Bertz CT molecular complexity index is 902. The molecule has 0 unspecified atom stereocenters. The number of benzene rings is 1. The number of nitrogens with one attached hydrogen (secondary N) is 1. The third kappa shape index (κ3) is 2.66. The van der Waals surface area contributed by atoms with Gasteiger partial charge in [-0.05, 0) is 18.6 Å². The zero-order valence-corrected chi connectivity index (χ0v) is 12.7. The van der Waals surface area contributed by atoms with Crippen LogP contribution in [0.3, 0.4) is 0 Å². The Balaban J connectivity index is 1.45. The Labute approximate surface area is 136 Å². The van der Waals surface area contributed by atoms with Gasteiger partial charge in [0, 0.05) is 24.6 Å². The zero-order valence-electron chi connectivity index (χ0n) is 12.7. The minimum Gasteiger partial charge on any atom is -0.350 e. The molecule has 1 aliphatic rings. The number of fused-ring (bicyclic) bond motifs is 1. The summed E-state index contributed by atoms with van der Waals surface area (Å²) in [5.74, 6) is 0.964. The second-order valence-electron chi connectivity index (χ2n) is 5.56. The fourth-order valence-corrected chi connectivity index (χ4v) is 2.75. The normalized spacial score (nSPS) is 13.0. The second kappa shape index (κ2) is 5.88. The van der Waals surface area contributed by atoms with Crippen LogP contribution in [0.2, 0.25) is 0 Å². The first-order chi connectivity index (χ1) is 11.7. The van der Waals surface area contributed by atoms with Crippen molar-refractivity contribution in [1.82, 2.24) is 25.2 Å². The molecule has 2 aromatic heterocycles. The summed E-state index contributed by atoms with van der Waals surface area (Å²) in [6, 6.07) is 7.43. The van der Waals surface area contributed by atoms with Gasteiger partial charge in [-0.3, -0.25) is 4.79 Å². The van der Waals surface area contributed by atoms with Crippen molar-refractivity contribution >= 4 is 5.91 Å². The molecule has 0 aliphatic carbocycles. The highest BCUT2D eigenvalue weighted by Crippen LogP contribution is 2.20. The number of amides is 1.